The highest BCUT2D eigenvalue weighted by atomic mass is 35.5. The molecule has 0 bridgehead atoms. The molecule has 0 aliphatic carbocycles. The number of carboxylic acid groups (broad SMARTS) is 2. The number of ether oxygens (including phenoxy) is 1. The van der Waals surface area contributed by atoms with Gasteiger partial charge < -0.3 is 14.9 Å². The van der Waals surface area contributed by atoms with Crippen LogP contribution in [-0.4, -0.2) is 63.5 Å². The number of nitrogens with zero attached hydrogens (tertiary/aromatic N) is 2. The van der Waals surface area contributed by atoms with Crippen molar-refractivity contribution in [3.63, 3.8) is 0 Å². The zero-order valence-corrected chi connectivity index (χ0v) is 16.9. The Morgan fingerprint density at radius 3 is 2.31 bits per heavy atom. The summed E-state index contributed by atoms with van der Waals surface area (Å²) >= 11 is 5.92. The molecule has 0 unspecified atom stereocenters. The Balaban J connectivity index is 0.000000321. The van der Waals surface area contributed by atoms with E-state index in [9.17, 15) is 9.59 Å². The van der Waals surface area contributed by atoms with Crippen LogP contribution >= 0.6 is 11.6 Å². The first-order valence-corrected chi connectivity index (χ1v) is 9.54. The SMILES string of the molecule is Cc1c(OCCN2CCCC2)n[nH]c1-c1ccc(Cl)cc1.O=C(O)/C=C/C(=O)O. The highest BCUT2D eigenvalue weighted by Crippen LogP contribution is 2.28. The summed E-state index contributed by atoms with van der Waals surface area (Å²) in [6.07, 6.45) is 3.73. The summed E-state index contributed by atoms with van der Waals surface area (Å²) in [4.78, 5) is 21.5. The molecule has 1 saturated heterocycles. The predicted octanol–water partition coefficient (Wildman–Crippen LogP) is 3.22. The number of carboxylic acids is 2. The molecule has 0 radical (unpaired) electrons. The van der Waals surface area contributed by atoms with Gasteiger partial charge in [-0.2, -0.15) is 0 Å². The Bertz CT molecular complexity index is 826. The second kappa shape index (κ2) is 11.2. The van der Waals surface area contributed by atoms with E-state index < -0.39 is 11.9 Å². The monoisotopic (exact) mass is 421 g/mol. The van der Waals surface area contributed by atoms with Crippen LogP contribution in [0.4, 0.5) is 0 Å². The van der Waals surface area contributed by atoms with Gasteiger partial charge in [0.15, 0.2) is 0 Å². The number of likely N-dealkylation sites (tertiary alicyclic amines) is 1. The number of nitrogens with one attached hydrogen (secondary N) is 1. The van der Waals surface area contributed by atoms with E-state index in [1.807, 2.05) is 31.2 Å². The van der Waals surface area contributed by atoms with Gasteiger partial charge in [0.25, 0.3) is 0 Å². The fourth-order valence-electron chi connectivity index (χ4n) is 2.84. The zero-order chi connectivity index (χ0) is 21.2. The number of aromatic amines is 1. The molecule has 9 heteroatoms. The maximum Gasteiger partial charge on any atom is 0.328 e. The van der Waals surface area contributed by atoms with Crippen LogP contribution in [0.3, 0.4) is 0 Å². The number of hydrogen-bond acceptors (Lipinski definition) is 5. The summed E-state index contributed by atoms with van der Waals surface area (Å²) in [6.45, 7) is 6.07. The van der Waals surface area contributed by atoms with E-state index >= 15 is 0 Å². The lowest BCUT2D eigenvalue weighted by atomic mass is 10.1. The topological polar surface area (TPSA) is 116 Å². The average Bonchev–Trinajstić information content (AvgIpc) is 3.32. The van der Waals surface area contributed by atoms with Crippen LogP contribution in [0, 0.1) is 6.92 Å². The van der Waals surface area contributed by atoms with Crippen LogP contribution in [-0.2, 0) is 9.59 Å². The van der Waals surface area contributed by atoms with Crippen molar-refractivity contribution in [1.82, 2.24) is 15.1 Å². The van der Waals surface area contributed by atoms with E-state index in [1.165, 1.54) is 25.9 Å². The fourth-order valence-corrected chi connectivity index (χ4v) is 2.97. The van der Waals surface area contributed by atoms with Crippen molar-refractivity contribution in [2.75, 3.05) is 26.2 Å². The normalized spacial score (nSPS) is 13.9. The fraction of sp³-hybridized carbons (Fsp3) is 0.350. The second-order valence-electron chi connectivity index (χ2n) is 6.44. The number of hydrogen-bond donors (Lipinski definition) is 3. The Kier molecular flexibility index (Phi) is 8.69. The van der Waals surface area contributed by atoms with Gasteiger partial charge in [-0.3, -0.25) is 10.00 Å². The summed E-state index contributed by atoms with van der Waals surface area (Å²) in [5.74, 6) is -1.82. The smallest absolute Gasteiger partial charge is 0.328 e. The first-order chi connectivity index (χ1) is 13.9. The van der Waals surface area contributed by atoms with Gasteiger partial charge >= 0.3 is 11.9 Å². The van der Waals surface area contributed by atoms with Crippen molar-refractivity contribution in [3.05, 3.63) is 47.0 Å². The lowest BCUT2D eigenvalue weighted by Gasteiger charge is -2.14. The molecule has 2 aromatic rings. The molecule has 8 nitrogen and oxygen atoms in total. The molecule has 0 spiro atoms. The van der Waals surface area contributed by atoms with E-state index in [0.717, 1.165) is 28.4 Å². The molecule has 1 aliphatic heterocycles. The number of rotatable bonds is 7. The van der Waals surface area contributed by atoms with Crippen LogP contribution in [0.5, 0.6) is 5.88 Å². The van der Waals surface area contributed by atoms with Gasteiger partial charge in [0.2, 0.25) is 5.88 Å². The van der Waals surface area contributed by atoms with E-state index in [4.69, 9.17) is 26.6 Å². The maximum atomic E-state index is 9.55. The standard InChI is InChI=1S/C16H20ClN3O.C4H4O4/c1-12-15(13-4-6-14(17)7-5-13)18-19-16(12)21-11-10-20-8-2-3-9-20;5-3(6)1-2-4(7)8/h4-7H,2-3,8-11H2,1H3,(H,18,19);1-2H,(H,5,6)(H,7,8)/b;2-1+. The van der Waals surface area contributed by atoms with Crippen molar-refractivity contribution in [2.45, 2.75) is 19.8 Å². The van der Waals surface area contributed by atoms with Gasteiger partial charge in [-0.15, -0.1) is 5.10 Å². The Morgan fingerprint density at radius 2 is 1.76 bits per heavy atom. The van der Waals surface area contributed by atoms with Gasteiger partial charge in [0.05, 0.1) is 5.69 Å². The lowest BCUT2D eigenvalue weighted by molar-refractivity contribution is -0.134. The van der Waals surface area contributed by atoms with E-state index in [2.05, 4.69) is 15.1 Å². The average molecular weight is 422 g/mol. The number of halogens is 1. The maximum absolute atomic E-state index is 9.55. The van der Waals surface area contributed by atoms with Crippen molar-refractivity contribution < 1.29 is 24.5 Å². The molecule has 0 amide bonds. The van der Waals surface area contributed by atoms with Crippen molar-refractivity contribution in [2.24, 2.45) is 0 Å². The quantitative estimate of drug-likeness (QED) is 0.587. The molecule has 29 heavy (non-hydrogen) atoms. The molecule has 2 heterocycles. The largest absolute Gasteiger partial charge is 0.478 e. The Morgan fingerprint density at radius 1 is 1.17 bits per heavy atom. The predicted molar refractivity (Wildman–Crippen MR) is 109 cm³/mol. The van der Waals surface area contributed by atoms with Gasteiger partial charge in [0.1, 0.15) is 6.61 Å². The van der Waals surface area contributed by atoms with Crippen LogP contribution in [0.25, 0.3) is 11.3 Å². The Hall–Kier alpha value is -2.84. The highest BCUT2D eigenvalue weighted by molar-refractivity contribution is 6.30. The molecule has 1 aromatic heterocycles. The third-order valence-corrected chi connectivity index (χ3v) is 4.56. The summed E-state index contributed by atoms with van der Waals surface area (Å²) in [7, 11) is 0. The van der Waals surface area contributed by atoms with E-state index in [0.29, 0.717) is 24.6 Å². The van der Waals surface area contributed by atoms with Gasteiger partial charge in [-0.05, 0) is 45.0 Å². The molecular weight excluding hydrogens is 398 g/mol. The Labute approximate surface area is 173 Å². The van der Waals surface area contributed by atoms with Gasteiger partial charge in [-0.25, -0.2) is 9.59 Å². The van der Waals surface area contributed by atoms with Crippen LogP contribution < -0.4 is 4.74 Å². The van der Waals surface area contributed by atoms with E-state index in [1.54, 1.807) is 0 Å². The zero-order valence-electron chi connectivity index (χ0n) is 16.1. The van der Waals surface area contributed by atoms with Crippen molar-refractivity contribution in [3.8, 4) is 17.1 Å². The van der Waals surface area contributed by atoms with E-state index in [-0.39, 0.29) is 0 Å². The summed E-state index contributed by atoms with van der Waals surface area (Å²) < 4.78 is 5.81. The number of aliphatic carboxylic acids is 2. The highest BCUT2D eigenvalue weighted by Gasteiger charge is 2.14. The molecule has 0 atom stereocenters. The second-order valence-corrected chi connectivity index (χ2v) is 6.88. The van der Waals surface area contributed by atoms with Crippen LogP contribution in [0.2, 0.25) is 5.02 Å². The molecule has 1 aromatic carbocycles. The number of benzene rings is 1. The first kappa shape index (κ1) is 22.4. The van der Waals surface area contributed by atoms with Crippen LogP contribution in [0.1, 0.15) is 18.4 Å². The minimum Gasteiger partial charge on any atom is -0.478 e. The summed E-state index contributed by atoms with van der Waals surface area (Å²) in [5.41, 5.74) is 3.10. The molecule has 1 fully saturated rings. The lowest BCUT2D eigenvalue weighted by Crippen LogP contribution is -2.25. The number of aromatic nitrogens is 2. The molecular formula is C20H24ClN3O5. The molecule has 156 valence electrons. The summed E-state index contributed by atoms with van der Waals surface area (Å²) in [5, 5.41) is 23.7. The van der Waals surface area contributed by atoms with Crippen LogP contribution in [0.15, 0.2) is 36.4 Å². The van der Waals surface area contributed by atoms with Gasteiger partial charge in [-0.1, -0.05) is 23.7 Å². The van der Waals surface area contributed by atoms with Gasteiger partial charge in [0, 0.05) is 34.8 Å². The van der Waals surface area contributed by atoms with Crippen molar-refractivity contribution in [1.29, 1.82) is 0 Å². The number of H-pyrrole nitrogens is 1. The first-order valence-electron chi connectivity index (χ1n) is 9.17. The third kappa shape index (κ3) is 7.59. The summed E-state index contributed by atoms with van der Waals surface area (Å²) in [6, 6.07) is 7.73. The molecule has 3 rings (SSSR count). The molecule has 0 saturated carbocycles. The van der Waals surface area contributed by atoms with Crippen molar-refractivity contribution >= 4 is 23.5 Å². The number of carbonyl (C=O) groups is 2. The molecule has 3 N–H and O–H groups in total. The molecule has 1 aliphatic rings. The minimum atomic E-state index is -1.26. The minimum absolute atomic E-state index is 0.558. The third-order valence-electron chi connectivity index (χ3n) is 4.31.